The zero-order valence-electron chi connectivity index (χ0n) is 12.5. The summed E-state index contributed by atoms with van der Waals surface area (Å²) < 4.78 is 12.9. The Bertz CT molecular complexity index is 573. The fourth-order valence-electron chi connectivity index (χ4n) is 1.60. The Kier molecular flexibility index (Phi) is 6.65. The molecule has 0 atom stereocenters. The van der Waals surface area contributed by atoms with Gasteiger partial charge in [0.15, 0.2) is 0 Å². The summed E-state index contributed by atoms with van der Waals surface area (Å²) in [6.45, 7) is 7.66. The fourth-order valence-corrected chi connectivity index (χ4v) is 3.92. The molecular formula is C13H18Br2N2O3Si. The standard InChI is InChI=1S/C13H18Br2N2O3Si/c1-19-13(18)10-11(14)9(7-16)17(12(10)15)8-20-5-6-21(2,3)4/h5-6,8H2,1-4H3. The highest BCUT2D eigenvalue weighted by atomic mass is 79.9. The quantitative estimate of drug-likeness (QED) is 0.383. The summed E-state index contributed by atoms with van der Waals surface area (Å²) in [7, 11) is 0.146. The lowest BCUT2D eigenvalue weighted by Gasteiger charge is -2.16. The number of halogens is 2. The van der Waals surface area contributed by atoms with Crippen LogP contribution in [0.3, 0.4) is 0 Å². The number of rotatable bonds is 6. The van der Waals surface area contributed by atoms with Crippen LogP contribution < -0.4 is 0 Å². The lowest BCUT2D eigenvalue weighted by Crippen LogP contribution is -2.22. The number of hydrogen-bond acceptors (Lipinski definition) is 4. The first-order valence-electron chi connectivity index (χ1n) is 6.36. The maximum absolute atomic E-state index is 11.8. The van der Waals surface area contributed by atoms with Gasteiger partial charge in [0.05, 0.1) is 11.6 Å². The van der Waals surface area contributed by atoms with Crippen LogP contribution in [-0.2, 0) is 16.2 Å². The Balaban J connectivity index is 2.93. The van der Waals surface area contributed by atoms with Gasteiger partial charge in [-0.15, -0.1) is 0 Å². The number of carbonyl (C=O) groups is 1. The van der Waals surface area contributed by atoms with Crippen LogP contribution in [0.5, 0.6) is 0 Å². The van der Waals surface area contributed by atoms with E-state index in [4.69, 9.17) is 9.47 Å². The van der Waals surface area contributed by atoms with Gasteiger partial charge in [0.1, 0.15) is 28.7 Å². The summed E-state index contributed by atoms with van der Waals surface area (Å²) in [6.07, 6.45) is 0. The maximum atomic E-state index is 11.8. The topological polar surface area (TPSA) is 64.2 Å². The molecule has 8 heteroatoms. The van der Waals surface area contributed by atoms with Crippen molar-refractivity contribution >= 4 is 45.9 Å². The third-order valence-electron chi connectivity index (χ3n) is 2.85. The van der Waals surface area contributed by atoms with Crippen molar-refractivity contribution in [2.24, 2.45) is 0 Å². The minimum absolute atomic E-state index is 0.212. The summed E-state index contributed by atoms with van der Waals surface area (Å²) in [6, 6.07) is 3.11. The summed E-state index contributed by atoms with van der Waals surface area (Å²) in [4.78, 5) is 11.8. The molecule has 0 aliphatic heterocycles. The number of carbonyl (C=O) groups excluding carboxylic acids is 1. The van der Waals surface area contributed by atoms with Crippen molar-refractivity contribution in [1.29, 1.82) is 5.26 Å². The van der Waals surface area contributed by atoms with E-state index in [0.29, 0.717) is 26.9 Å². The molecule has 1 rings (SSSR count). The molecule has 0 saturated carbocycles. The van der Waals surface area contributed by atoms with Crippen LogP contribution in [-0.4, -0.2) is 32.3 Å². The van der Waals surface area contributed by atoms with E-state index in [2.05, 4.69) is 57.6 Å². The summed E-state index contributed by atoms with van der Waals surface area (Å²) in [5, 5.41) is 9.25. The molecule has 0 radical (unpaired) electrons. The van der Waals surface area contributed by atoms with Crippen molar-refractivity contribution in [2.75, 3.05) is 13.7 Å². The predicted molar refractivity (Wildman–Crippen MR) is 90.0 cm³/mol. The molecule has 5 nitrogen and oxygen atoms in total. The second-order valence-electron chi connectivity index (χ2n) is 5.71. The Labute approximate surface area is 142 Å². The van der Waals surface area contributed by atoms with Crippen LogP contribution in [0.15, 0.2) is 9.08 Å². The van der Waals surface area contributed by atoms with Crippen LogP contribution in [0.25, 0.3) is 0 Å². The smallest absolute Gasteiger partial charge is 0.341 e. The molecule has 1 aromatic heterocycles. The van der Waals surface area contributed by atoms with E-state index in [-0.39, 0.29) is 6.73 Å². The molecule has 0 saturated heterocycles. The van der Waals surface area contributed by atoms with Gasteiger partial charge in [-0.1, -0.05) is 19.6 Å². The number of methoxy groups -OCH3 is 1. The SMILES string of the molecule is COC(=O)c1c(Br)c(C#N)n(COCC[Si](C)(C)C)c1Br. The highest BCUT2D eigenvalue weighted by molar-refractivity contribution is 9.11. The number of hydrogen-bond donors (Lipinski definition) is 0. The van der Waals surface area contributed by atoms with Crippen molar-refractivity contribution in [3.63, 3.8) is 0 Å². The largest absolute Gasteiger partial charge is 0.465 e. The molecule has 0 spiro atoms. The molecule has 116 valence electrons. The van der Waals surface area contributed by atoms with Gasteiger partial charge in [-0.25, -0.2) is 4.79 Å². The highest BCUT2D eigenvalue weighted by Gasteiger charge is 2.25. The Morgan fingerprint density at radius 1 is 1.38 bits per heavy atom. The van der Waals surface area contributed by atoms with Gasteiger partial charge >= 0.3 is 5.97 Å². The monoisotopic (exact) mass is 436 g/mol. The average molecular weight is 438 g/mol. The van der Waals surface area contributed by atoms with Crippen molar-refractivity contribution in [3.8, 4) is 6.07 Å². The molecule has 0 N–H and O–H groups in total. The molecule has 0 aliphatic carbocycles. The van der Waals surface area contributed by atoms with Crippen LogP contribution in [0, 0.1) is 11.3 Å². The van der Waals surface area contributed by atoms with Gasteiger partial charge < -0.3 is 14.0 Å². The minimum atomic E-state index is -1.15. The van der Waals surface area contributed by atoms with Crippen molar-refractivity contribution in [1.82, 2.24) is 4.57 Å². The van der Waals surface area contributed by atoms with Crippen LogP contribution in [0.1, 0.15) is 16.1 Å². The highest BCUT2D eigenvalue weighted by Crippen LogP contribution is 2.32. The van der Waals surface area contributed by atoms with Gasteiger partial charge in [0.2, 0.25) is 0 Å². The minimum Gasteiger partial charge on any atom is -0.465 e. The average Bonchev–Trinajstić information content (AvgIpc) is 2.63. The predicted octanol–water partition coefficient (Wildman–Crippen LogP) is 3.98. The maximum Gasteiger partial charge on any atom is 0.341 e. The normalized spacial score (nSPS) is 11.3. The van der Waals surface area contributed by atoms with Gasteiger partial charge in [-0.2, -0.15) is 5.26 Å². The molecule has 21 heavy (non-hydrogen) atoms. The van der Waals surface area contributed by atoms with E-state index in [9.17, 15) is 10.1 Å². The summed E-state index contributed by atoms with van der Waals surface area (Å²) in [5.74, 6) is -0.508. The van der Waals surface area contributed by atoms with E-state index < -0.39 is 14.0 Å². The summed E-state index contributed by atoms with van der Waals surface area (Å²) in [5.41, 5.74) is 0.623. The van der Waals surface area contributed by atoms with Gasteiger partial charge in [-0.3, -0.25) is 0 Å². The zero-order chi connectivity index (χ0) is 16.2. The van der Waals surface area contributed by atoms with E-state index in [1.807, 2.05) is 0 Å². The van der Waals surface area contributed by atoms with E-state index in [1.54, 1.807) is 4.57 Å². The first-order chi connectivity index (χ1) is 9.72. The van der Waals surface area contributed by atoms with E-state index in [1.165, 1.54) is 7.11 Å². The van der Waals surface area contributed by atoms with E-state index in [0.717, 1.165) is 6.04 Å². The first kappa shape index (κ1) is 18.4. The first-order valence-corrected chi connectivity index (χ1v) is 11.7. The third-order valence-corrected chi connectivity index (χ3v) is 6.15. The molecule has 0 bridgehead atoms. The number of ether oxygens (including phenoxy) is 2. The third kappa shape index (κ3) is 4.68. The van der Waals surface area contributed by atoms with Gasteiger partial charge in [0, 0.05) is 14.7 Å². The number of esters is 1. The second kappa shape index (κ2) is 7.58. The molecular weight excluding hydrogens is 420 g/mol. The zero-order valence-corrected chi connectivity index (χ0v) is 16.7. The Morgan fingerprint density at radius 2 is 2.00 bits per heavy atom. The number of nitrogens with zero attached hydrogens (tertiary/aromatic N) is 2. The Hall–Kier alpha value is -0.623. The number of nitriles is 1. The van der Waals surface area contributed by atoms with Crippen molar-refractivity contribution < 1.29 is 14.3 Å². The lowest BCUT2D eigenvalue weighted by molar-refractivity contribution is 0.0596. The molecule has 0 amide bonds. The van der Waals surface area contributed by atoms with Crippen LogP contribution in [0.4, 0.5) is 0 Å². The van der Waals surface area contributed by atoms with E-state index >= 15 is 0 Å². The molecule has 1 aromatic rings. The molecule has 0 aromatic carbocycles. The fraction of sp³-hybridized carbons (Fsp3) is 0.538. The molecule has 0 aliphatic rings. The molecule has 0 unspecified atom stereocenters. The molecule has 0 fully saturated rings. The van der Waals surface area contributed by atoms with Crippen molar-refractivity contribution in [3.05, 3.63) is 20.3 Å². The van der Waals surface area contributed by atoms with Gasteiger partial charge in [-0.05, 0) is 37.9 Å². The number of aromatic nitrogens is 1. The summed E-state index contributed by atoms with van der Waals surface area (Å²) >= 11 is 6.61. The Morgan fingerprint density at radius 3 is 2.48 bits per heavy atom. The van der Waals surface area contributed by atoms with Crippen LogP contribution in [0.2, 0.25) is 25.7 Å². The second-order valence-corrected chi connectivity index (χ2v) is 12.9. The lowest BCUT2D eigenvalue weighted by atomic mass is 10.3. The van der Waals surface area contributed by atoms with Crippen LogP contribution >= 0.6 is 31.9 Å². The molecule has 1 heterocycles. The van der Waals surface area contributed by atoms with Gasteiger partial charge in [0.25, 0.3) is 0 Å². The van der Waals surface area contributed by atoms with Crippen molar-refractivity contribution in [2.45, 2.75) is 32.4 Å².